The van der Waals surface area contributed by atoms with Crippen molar-refractivity contribution in [2.45, 2.75) is 18.8 Å². The Balaban J connectivity index is 2.01. The lowest BCUT2D eigenvalue weighted by molar-refractivity contribution is 0.768. The number of nitrogens with zero attached hydrogens (tertiary/aromatic N) is 2. The highest BCUT2D eigenvalue weighted by atomic mass is 14.8. The van der Waals surface area contributed by atoms with Crippen LogP contribution in [0.25, 0.3) is 0 Å². The van der Waals surface area contributed by atoms with Gasteiger partial charge < -0.3 is 5.73 Å². The minimum atomic E-state index is 0.393. The highest BCUT2D eigenvalue weighted by Crippen LogP contribution is 2.36. The molecule has 3 rings (SSSR count). The molecule has 1 aliphatic rings. The van der Waals surface area contributed by atoms with Gasteiger partial charge in [0.2, 0.25) is 0 Å². The third-order valence-electron chi connectivity index (χ3n) is 3.17. The molecule has 0 aromatic carbocycles. The molecule has 0 radical (unpaired) electrons. The zero-order valence-corrected chi connectivity index (χ0v) is 8.93. The molecule has 0 fully saturated rings. The van der Waals surface area contributed by atoms with E-state index in [2.05, 4.69) is 22.1 Å². The summed E-state index contributed by atoms with van der Waals surface area (Å²) in [6.07, 6.45) is 5.96. The van der Waals surface area contributed by atoms with E-state index in [9.17, 15) is 0 Å². The summed E-state index contributed by atoms with van der Waals surface area (Å²) >= 11 is 0. The smallest absolute Gasteiger partial charge is 0.123 e. The van der Waals surface area contributed by atoms with Crippen molar-refractivity contribution >= 4 is 5.82 Å². The summed E-state index contributed by atoms with van der Waals surface area (Å²) in [7, 11) is 0. The average molecular weight is 211 g/mol. The topological polar surface area (TPSA) is 51.8 Å². The highest BCUT2D eigenvalue weighted by Gasteiger charge is 2.24. The number of aromatic nitrogens is 2. The maximum absolute atomic E-state index is 5.59. The summed E-state index contributed by atoms with van der Waals surface area (Å²) in [5, 5.41) is 0. The first-order valence-corrected chi connectivity index (χ1v) is 5.50. The quantitative estimate of drug-likeness (QED) is 0.786. The predicted molar refractivity (Wildman–Crippen MR) is 63.1 cm³/mol. The number of rotatable bonds is 1. The van der Waals surface area contributed by atoms with E-state index in [1.54, 1.807) is 0 Å². The van der Waals surface area contributed by atoms with Crippen LogP contribution in [-0.2, 0) is 6.42 Å². The zero-order chi connectivity index (χ0) is 11.0. The van der Waals surface area contributed by atoms with Gasteiger partial charge in [-0.1, -0.05) is 12.1 Å². The summed E-state index contributed by atoms with van der Waals surface area (Å²) in [4.78, 5) is 8.63. The monoisotopic (exact) mass is 211 g/mol. The van der Waals surface area contributed by atoms with Crippen molar-refractivity contribution in [3.8, 4) is 0 Å². The molecular formula is C13H13N3. The summed E-state index contributed by atoms with van der Waals surface area (Å²) in [6.45, 7) is 0. The van der Waals surface area contributed by atoms with Gasteiger partial charge in [-0.25, -0.2) is 4.98 Å². The van der Waals surface area contributed by atoms with Crippen molar-refractivity contribution in [3.05, 3.63) is 53.5 Å². The molecule has 0 saturated carbocycles. The molecule has 3 nitrogen and oxygen atoms in total. The van der Waals surface area contributed by atoms with Crippen molar-refractivity contribution < 1.29 is 0 Å². The molecule has 1 atom stereocenters. The number of anilines is 1. The van der Waals surface area contributed by atoms with Gasteiger partial charge in [0.05, 0.1) is 5.69 Å². The lowest BCUT2D eigenvalue weighted by Crippen LogP contribution is -2.00. The molecule has 2 heterocycles. The molecule has 80 valence electrons. The maximum Gasteiger partial charge on any atom is 0.123 e. The van der Waals surface area contributed by atoms with Gasteiger partial charge in [-0.05, 0) is 36.1 Å². The molecule has 0 bridgehead atoms. The van der Waals surface area contributed by atoms with Crippen molar-refractivity contribution in [2.24, 2.45) is 0 Å². The van der Waals surface area contributed by atoms with E-state index in [0.29, 0.717) is 11.7 Å². The SMILES string of the molecule is Nc1ccc(C2CCc3cccnc32)cn1. The second kappa shape index (κ2) is 3.59. The standard InChI is InChI=1S/C13H13N3/c14-12-6-4-10(8-16-12)11-5-3-9-2-1-7-15-13(9)11/h1-2,4,6-8,11H,3,5H2,(H2,14,16). The van der Waals surface area contributed by atoms with Crippen LogP contribution < -0.4 is 5.73 Å². The van der Waals surface area contributed by atoms with Crippen LogP contribution in [0.2, 0.25) is 0 Å². The third kappa shape index (κ3) is 1.45. The van der Waals surface area contributed by atoms with Gasteiger partial charge in [0.1, 0.15) is 5.82 Å². The van der Waals surface area contributed by atoms with E-state index in [0.717, 1.165) is 12.8 Å². The van der Waals surface area contributed by atoms with Crippen LogP contribution in [0, 0.1) is 0 Å². The number of fused-ring (bicyclic) bond motifs is 1. The summed E-state index contributed by atoms with van der Waals surface area (Å²) in [5.41, 5.74) is 9.38. The Labute approximate surface area is 94.4 Å². The number of nitrogen functional groups attached to an aromatic ring is 1. The van der Waals surface area contributed by atoms with Crippen LogP contribution in [0.4, 0.5) is 5.82 Å². The summed E-state index contributed by atoms with van der Waals surface area (Å²) in [6, 6.07) is 8.07. The second-order valence-electron chi connectivity index (χ2n) is 4.16. The molecule has 16 heavy (non-hydrogen) atoms. The van der Waals surface area contributed by atoms with E-state index >= 15 is 0 Å². The summed E-state index contributed by atoms with van der Waals surface area (Å²) in [5.74, 6) is 0.965. The summed E-state index contributed by atoms with van der Waals surface area (Å²) < 4.78 is 0. The molecule has 0 spiro atoms. The molecule has 2 aromatic rings. The number of aryl methyl sites for hydroxylation is 1. The van der Waals surface area contributed by atoms with E-state index in [1.165, 1.54) is 16.8 Å². The first-order valence-electron chi connectivity index (χ1n) is 5.50. The molecule has 0 aliphatic heterocycles. The minimum absolute atomic E-state index is 0.393. The second-order valence-corrected chi connectivity index (χ2v) is 4.16. The molecule has 2 N–H and O–H groups in total. The Kier molecular flexibility index (Phi) is 2.10. The number of pyridine rings is 2. The van der Waals surface area contributed by atoms with E-state index < -0.39 is 0 Å². The fraction of sp³-hybridized carbons (Fsp3) is 0.231. The van der Waals surface area contributed by atoms with E-state index in [4.69, 9.17) is 5.73 Å². The predicted octanol–water partition coefficient (Wildman–Crippen LogP) is 2.14. The molecule has 1 aliphatic carbocycles. The number of hydrogen-bond donors (Lipinski definition) is 1. The fourth-order valence-electron chi connectivity index (χ4n) is 2.36. The highest BCUT2D eigenvalue weighted by molar-refractivity contribution is 5.39. The van der Waals surface area contributed by atoms with Crippen LogP contribution in [-0.4, -0.2) is 9.97 Å². The molecule has 2 aromatic heterocycles. The van der Waals surface area contributed by atoms with Crippen molar-refractivity contribution in [1.82, 2.24) is 9.97 Å². The van der Waals surface area contributed by atoms with Gasteiger partial charge in [-0.3, -0.25) is 4.98 Å². The normalized spacial score (nSPS) is 18.4. The molecular weight excluding hydrogens is 198 g/mol. The van der Waals surface area contributed by atoms with Gasteiger partial charge >= 0.3 is 0 Å². The Bertz CT molecular complexity index is 505. The van der Waals surface area contributed by atoms with Crippen molar-refractivity contribution in [2.75, 3.05) is 5.73 Å². The van der Waals surface area contributed by atoms with Crippen LogP contribution in [0.5, 0.6) is 0 Å². The Morgan fingerprint density at radius 1 is 1.19 bits per heavy atom. The van der Waals surface area contributed by atoms with Gasteiger partial charge in [0, 0.05) is 18.3 Å². The lowest BCUT2D eigenvalue weighted by Gasteiger charge is -2.10. The number of nitrogens with two attached hydrogens (primary N) is 1. The lowest BCUT2D eigenvalue weighted by atomic mass is 9.98. The minimum Gasteiger partial charge on any atom is -0.384 e. The van der Waals surface area contributed by atoms with Crippen LogP contribution in [0.3, 0.4) is 0 Å². The van der Waals surface area contributed by atoms with E-state index in [1.807, 2.05) is 24.5 Å². The van der Waals surface area contributed by atoms with E-state index in [-0.39, 0.29) is 0 Å². The number of hydrogen-bond acceptors (Lipinski definition) is 3. The zero-order valence-electron chi connectivity index (χ0n) is 8.93. The Morgan fingerprint density at radius 3 is 2.94 bits per heavy atom. The third-order valence-corrected chi connectivity index (χ3v) is 3.17. The maximum atomic E-state index is 5.59. The molecule has 1 unspecified atom stereocenters. The van der Waals surface area contributed by atoms with Gasteiger partial charge in [-0.15, -0.1) is 0 Å². The molecule has 0 saturated heterocycles. The average Bonchev–Trinajstić information content (AvgIpc) is 2.74. The first kappa shape index (κ1) is 9.33. The fourth-order valence-corrected chi connectivity index (χ4v) is 2.36. The van der Waals surface area contributed by atoms with Crippen molar-refractivity contribution in [1.29, 1.82) is 0 Å². The van der Waals surface area contributed by atoms with Gasteiger partial charge in [0.15, 0.2) is 0 Å². The van der Waals surface area contributed by atoms with Crippen LogP contribution in [0.15, 0.2) is 36.7 Å². The largest absolute Gasteiger partial charge is 0.384 e. The van der Waals surface area contributed by atoms with Gasteiger partial charge in [-0.2, -0.15) is 0 Å². The first-order chi connectivity index (χ1) is 7.84. The Hall–Kier alpha value is -1.90. The molecule has 3 heteroatoms. The van der Waals surface area contributed by atoms with Crippen molar-refractivity contribution in [3.63, 3.8) is 0 Å². The Morgan fingerprint density at radius 2 is 2.12 bits per heavy atom. The molecule has 0 amide bonds. The van der Waals surface area contributed by atoms with Gasteiger partial charge in [0.25, 0.3) is 0 Å². The van der Waals surface area contributed by atoms with Crippen LogP contribution >= 0.6 is 0 Å². The van der Waals surface area contributed by atoms with Crippen LogP contribution in [0.1, 0.15) is 29.2 Å².